The number of carbonyl (C=O) groups is 1. The molecule has 0 saturated heterocycles. The van der Waals surface area contributed by atoms with Gasteiger partial charge in [0.05, 0.1) is 5.56 Å². The van der Waals surface area contributed by atoms with E-state index in [1.807, 2.05) is 32.2 Å². The quantitative estimate of drug-likeness (QED) is 0.649. The minimum atomic E-state index is -0.135. The number of nitrogens with zero attached hydrogens (tertiary/aromatic N) is 1. The average Bonchev–Trinajstić information content (AvgIpc) is 3.02. The van der Waals surface area contributed by atoms with E-state index >= 15 is 0 Å². The maximum atomic E-state index is 12.8. The summed E-state index contributed by atoms with van der Waals surface area (Å²) < 4.78 is 0. The standard InChI is InChI=1S/C22H33N3O2S/c1-7-10-25(9-3)19(8-2)20-16(6)18(13-28-20)21(26)23-12-17-14(4)11-15(5)24-22(17)27/h11,13,19H,7-10,12H2,1-6H3,(H,23,26)(H,24,27). The van der Waals surface area contributed by atoms with E-state index < -0.39 is 0 Å². The second-order valence-electron chi connectivity index (χ2n) is 7.32. The van der Waals surface area contributed by atoms with E-state index in [4.69, 9.17) is 0 Å². The fourth-order valence-electron chi connectivity index (χ4n) is 3.78. The summed E-state index contributed by atoms with van der Waals surface area (Å²) in [4.78, 5) is 31.5. The lowest BCUT2D eigenvalue weighted by Crippen LogP contribution is -2.30. The molecule has 6 heteroatoms. The maximum Gasteiger partial charge on any atom is 0.253 e. The van der Waals surface area contributed by atoms with Gasteiger partial charge in [0, 0.05) is 34.1 Å². The van der Waals surface area contributed by atoms with Crippen LogP contribution in [0.3, 0.4) is 0 Å². The Balaban J connectivity index is 2.18. The van der Waals surface area contributed by atoms with E-state index in [1.54, 1.807) is 11.3 Å². The highest BCUT2D eigenvalue weighted by atomic mass is 32.1. The van der Waals surface area contributed by atoms with Crippen LogP contribution in [0.25, 0.3) is 0 Å². The Morgan fingerprint density at radius 1 is 1.25 bits per heavy atom. The van der Waals surface area contributed by atoms with E-state index in [9.17, 15) is 9.59 Å². The number of rotatable bonds is 9. The number of aryl methyl sites for hydroxylation is 2. The van der Waals surface area contributed by atoms with Crippen LogP contribution < -0.4 is 10.9 Å². The van der Waals surface area contributed by atoms with Crippen LogP contribution in [-0.2, 0) is 6.54 Å². The van der Waals surface area contributed by atoms with Gasteiger partial charge in [-0.3, -0.25) is 14.5 Å². The summed E-state index contributed by atoms with van der Waals surface area (Å²) in [5.41, 5.74) is 3.97. The predicted molar refractivity (Wildman–Crippen MR) is 117 cm³/mol. The van der Waals surface area contributed by atoms with E-state index in [1.165, 1.54) is 4.88 Å². The number of carbonyl (C=O) groups excluding carboxylic acids is 1. The maximum absolute atomic E-state index is 12.8. The molecule has 0 aliphatic rings. The Bertz CT molecular complexity index is 869. The summed E-state index contributed by atoms with van der Waals surface area (Å²) in [6.45, 7) is 14.7. The number of aromatic amines is 1. The summed E-state index contributed by atoms with van der Waals surface area (Å²) in [7, 11) is 0. The molecule has 2 heterocycles. The largest absolute Gasteiger partial charge is 0.348 e. The number of thiophene rings is 1. The first-order valence-corrected chi connectivity index (χ1v) is 11.0. The monoisotopic (exact) mass is 403 g/mol. The number of hydrogen-bond donors (Lipinski definition) is 2. The highest BCUT2D eigenvalue weighted by Crippen LogP contribution is 2.33. The van der Waals surface area contributed by atoms with Crippen LogP contribution in [0.1, 0.15) is 77.3 Å². The molecule has 1 unspecified atom stereocenters. The van der Waals surface area contributed by atoms with Gasteiger partial charge in [0.25, 0.3) is 11.5 Å². The Labute approximate surface area is 172 Å². The molecule has 28 heavy (non-hydrogen) atoms. The van der Waals surface area contributed by atoms with Crippen LogP contribution in [0.4, 0.5) is 0 Å². The SMILES string of the molecule is CCCN(CC)C(CC)c1scc(C(=O)NCc2c(C)cc(C)[nH]c2=O)c1C. The van der Waals surface area contributed by atoms with Gasteiger partial charge in [0.15, 0.2) is 0 Å². The highest BCUT2D eigenvalue weighted by Gasteiger charge is 2.23. The van der Waals surface area contributed by atoms with Gasteiger partial charge in [0.1, 0.15) is 0 Å². The smallest absolute Gasteiger partial charge is 0.253 e. The average molecular weight is 404 g/mol. The van der Waals surface area contributed by atoms with Crippen molar-refractivity contribution in [1.82, 2.24) is 15.2 Å². The van der Waals surface area contributed by atoms with Crippen molar-refractivity contribution in [3.63, 3.8) is 0 Å². The Kier molecular flexibility index (Phi) is 8.01. The van der Waals surface area contributed by atoms with Crippen LogP contribution in [0.2, 0.25) is 0 Å². The number of pyridine rings is 1. The molecular formula is C22H33N3O2S. The minimum absolute atomic E-state index is 0.118. The molecule has 2 aromatic rings. The molecule has 0 aromatic carbocycles. The molecular weight excluding hydrogens is 370 g/mol. The first-order valence-electron chi connectivity index (χ1n) is 10.1. The van der Waals surface area contributed by atoms with Crippen LogP contribution in [0.5, 0.6) is 0 Å². The zero-order chi connectivity index (χ0) is 20.8. The molecule has 0 radical (unpaired) electrons. The lowest BCUT2D eigenvalue weighted by atomic mass is 10.0. The number of nitrogens with one attached hydrogen (secondary N) is 2. The normalized spacial score (nSPS) is 12.4. The summed E-state index contributed by atoms with van der Waals surface area (Å²) in [6.07, 6.45) is 2.14. The second kappa shape index (κ2) is 10.0. The zero-order valence-corrected chi connectivity index (χ0v) is 18.8. The molecule has 0 saturated carbocycles. The van der Waals surface area contributed by atoms with Crippen LogP contribution >= 0.6 is 11.3 Å². The summed E-state index contributed by atoms with van der Waals surface area (Å²) in [5, 5.41) is 4.88. The van der Waals surface area contributed by atoms with Crippen LogP contribution in [-0.4, -0.2) is 28.9 Å². The lowest BCUT2D eigenvalue weighted by Gasteiger charge is -2.29. The van der Waals surface area contributed by atoms with Gasteiger partial charge in [-0.1, -0.05) is 20.8 Å². The number of aromatic nitrogens is 1. The van der Waals surface area contributed by atoms with E-state index in [2.05, 4.69) is 36.0 Å². The Hall–Kier alpha value is -1.92. The molecule has 0 aliphatic carbocycles. The highest BCUT2D eigenvalue weighted by molar-refractivity contribution is 7.10. The third kappa shape index (κ3) is 4.92. The first kappa shape index (κ1) is 22.4. The molecule has 0 spiro atoms. The molecule has 2 aromatic heterocycles. The van der Waals surface area contributed by atoms with Gasteiger partial charge in [-0.05, 0) is 63.9 Å². The van der Waals surface area contributed by atoms with Crippen molar-refractivity contribution in [2.75, 3.05) is 13.1 Å². The van der Waals surface area contributed by atoms with Gasteiger partial charge >= 0.3 is 0 Å². The van der Waals surface area contributed by atoms with Crippen LogP contribution in [0.15, 0.2) is 16.2 Å². The van der Waals surface area contributed by atoms with E-state index in [0.29, 0.717) is 17.2 Å². The van der Waals surface area contributed by atoms with Crippen molar-refractivity contribution < 1.29 is 4.79 Å². The van der Waals surface area contributed by atoms with Gasteiger partial charge < -0.3 is 10.3 Å². The molecule has 1 amide bonds. The molecule has 2 rings (SSSR count). The van der Waals surface area contributed by atoms with Crippen molar-refractivity contribution in [2.45, 2.75) is 67.0 Å². The first-order chi connectivity index (χ1) is 13.3. The molecule has 0 bridgehead atoms. The van der Waals surface area contributed by atoms with Gasteiger partial charge in [-0.15, -0.1) is 11.3 Å². The summed E-state index contributed by atoms with van der Waals surface area (Å²) in [5.74, 6) is -0.118. The van der Waals surface area contributed by atoms with Crippen molar-refractivity contribution in [3.05, 3.63) is 54.6 Å². The fraction of sp³-hybridized carbons (Fsp3) is 0.545. The second-order valence-corrected chi connectivity index (χ2v) is 8.23. The fourth-order valence-corrected chi connectivity index (χ4v) is 5.07. The topological polar surface area (TPSA) is 65.2 Å². The Morgan fingerprint density at radius 3 is 2.54 bits per heavy atom. The summed E-state index contributed by atoms with van der Waals surface area (Å²) >= 11 is 1.67. The van der Waals surface area contributed by atoms with Crippen molar-refractivity contribution in [3.8, 4) is 0 Å². The number of hydrogen-bond acceptors (Lipinski definition) is 4. The summed E-state index contributed by atoms with van der Waals surface area (Å²) in [6, 6.07) is 2.27. The molecule has 1 atom stereocenters. The van der Waals surface area contributed by atoms with Crippen molar-refractivity contribution in [1.29, 1.82) is 0 Å². The third-order valence-corrected chi connectivity index (χ3v) is 6.47. The third-order valence-electron chi connectivity index (χ3n) is 5.29. The molecule has 0 aliphatic heterocycles. The molecule has 5 nitrogen and oxygen atoms in total. The van der Waals surface area contributed by atoms with Crippen molar-refractivity contribution >= 4 is 17.2 Å². The van der Waals surface area contributed by atoms with Crippen LogP contribution in [0, 0.1) is 20.8 Å². The number of amides is 1. The van der Waals surface area contributed by atoms with Gasteiger partial charge in [-0.2, -0.15) is 0 Å². The van der Waals surface area contributed by atoms with Gasteiger partial charge in [0.2, 0.25) is 0 Å². The minimum Gasteiger partial charge on any atom is -0.348 e. The van der Waals surface area contributed by atoms with E-state index in [0.717, 1.165) is 42.8 Å². The predicted octanol–water partition coefficient (Wildman–Crippen LogP) is 4.47. The molecule has 154 valence electrons. The zero-order valence-electron chi connectivity index (χ0n) is 17.9. The molecule has 0 fully saturated rings. The number of H-pyrrole nitrogens is 1. The molecule has 2 N–H and O–H groups in total. The van der Waals surface area contributed by atoms with Gasteiger partial charge in [-0.25, -0.2) is 0 Å². The Morgan fingerprint density at radius 2 is 1.96 bits per heavy atom. The lowest BCUT2D eigenvalue weighted by molar-refractivity contribution is 0.0950. The van der Waals surface area contributed by atoms with E-state index in [-0.39, 0.29) is 18.0 Å². The van der Waals surface area contributed by atoms with Crippen molar-refractivity contribution in [2.24, 2.45) is 0 Å².